The highest BCUT2D eigenvalue weighted by molar-refractivity contribution is 5.88. The van der Waals surface area contributed by atoms with Crippen LogP contribution in [-0.2, 0) is 21.5 Å². The van der Waals surface area contributed by atoms with E-state index in [1.54, 1.807) is 12.0 Å². The molecule has 0 unspecified atom stereocenters. The first-order valence-electron chi connectivity index (χ1n) is 12.0. The Morgan fingerprint density at radius 3 is 2.03 bits per heavy atom. The van der Waals surface area contributed by atoms with Gasteiger partial charge in [0.25, 0.3) is 5.91 Å². The van der Waals surface area contributed by atoms with Gasteiger partial charge < -0.3 is 19.7 Å². The molecule has 0 bridgehead atoms. The SMILES string of the molecule is CC[C@@H](C)NC(=O)[C@H](CC)N(Cc1ccc(OC)cc1)C(=O)COc1ccc(C(C)(C)C)cc1. The van der Waals surface area contributed by atoms with Crippen molar-refractivity contribution in [2.75, 3.05) is 13.7 Å². The summed E-state index contributed by atoms with van der Waals surface area (Å²) in [5, 5.41) is 3.02. The first kappa shape index (κ1) is 27.2. The molecule has 6 heteroatoms. The minimum atomic E-state index is -0.588. The molecule has 0 aliphatic carbocycles. The first-order chi connectivity index (χ1) is 16.1. The van der Waals surface area contributed by atoms with Gasteiger partial charge in [-0.2, -0.15) is 0 Å². The van der Waals surface area contributed by atoms with Crippen LogP contribution in [-0.4, -0.2) is 42.5 Å². The van der Waals surface area contributed by atoms with Gasteiger partial charge in [-0.25, -0.2) is 0 Å². The van der Waals surface area contributed by atoms with Crippen LogP contribution >= 0.6 is 0 Å². The van der Waals surface area contributed by atoms with E-state index in [4.69, 9.17) is 9.47 Å². The average molecular weight is 469 g/mol. The molecule has 0 heterocycles. The summed E-state index contributed by atoms with van der Waals surface area (Å²) in [6.07, 6.45) is 1.33. The Morgan fingerprint density at radius 1 is 0.941 bits per heavy atom. The molecule has 2 aromatic carbocycles. The Morgan fingerprint density at radius 2 is 1.53 bits per heavy atom. The van der Waals surface area contributed by atoms with Gasteiger partial charge in [0.2, 0.25) is 5.91 Å². The molecule has 34 heavy (non-hydrogen) atoms. The predicted octanol–water partition coefficient (Wildman–Crippen LogP) is 5.09. The summed E-state index contributed by atoms with van der Waals surface area (Å²) in [6.45, 7) is 12.5. The van der Waals surface area contributed by atoms with Crippen LogP contribution in [0, 0.1) is 0 Å². The lowest BCUT2D eigenvalue weighted by atomic mass is 9.87. The predicted molar refractivity (Wildman–Crippen MR) is 136 cm³/mol. The van der Waals surface area contributed by atoms with E-state index in [2.05, 4.69) is 26.1 Å². The molecule has 2 atom stereocenters. The molecule has 0 saturated carbocycles. The van der Waals surface area contributed by atoms with Gasteiger partial charge in [0.05, 0.1) is 7.11 Å². The summed E-state index contributed by atoms with van der Waals surface area (Å²) in [5.41, 5.74) is 2.15. The van der Waals surface area contributed by atoms with Crippen LogP contribution in [0.5, 0.6) is 11.5 Å². The highest BCUT2D eigenvalue weighted by Crippen LogP contribution is 2.24. The van der Waals surface area contributed by atoms with Gasteiger partial charge in [-0.1, -0.05) is 58.9 Å². The van der Waals surface area contributed by atoms with E-state index in [9.17, 15) is 9.59 Å². The van der Waals surface area contributed by atoms with Gasteiger partial charge in [-0.15, -0.1) is 0 Å². The van der Waals surface area contributed by atoms with Crippen molar-refractivity contribution < 1.29 is 19.1 Å². The Kier molecular flexibility index (Phi) is 9.97. The standard InChI is InChI=1S/C28H40N2O4/c1-8-20(3)29-27(32)25(9-2)30(18-21-10-14-23(33-7)15-11-21)26(31)19-34-24-16-12-22(13-17-24)28(4,5)6/h10-17,20,25H,8-9,18-19H2,1-7H3,(H,29,32)/t20-,25+/m1/s1. The molecule has 0 aliphatic rings. The molecular formula is C28H40N2O4. The van der Waals surface area contributed by atoms with Gasteiger partial charge in [0.1, 0.15) is 17.5 Å². The Bertz CT molecular complexity index is 917. The number of hydrogen-bond acceptors (Lipinski definition) is 4. The van der Waals surface area contributed by atoms with Crippen molar-refractivity contribution in [3.05, 3.63) is 59.7 Å². The van der Waals surface area contributed by atoms with Crippen LogP contribution in [0.1, 0.15) is 65.5 Å². The molecule has 2 rings (SSSR count). The van der Waals surface area contributed by atoms with Crippen LogP contribution in [0.3, 0.4) is 0 Å². The van der Waals surface area contributed by atoms with Crippen molar-refractivity contribution >= 4 is 11.8 Å². The minimum Gasteiger partial charge on any atom is -0.497 e. The van der Waals surface area contributed by atoms with E-state index in [-0.39, 0.29) is 29.9 Å². The summed E-state index contributed by atoms with van der Waals surface area (Å²) in [4.78, 5) is 28.0. The summed E-state index contributed by atoms with van der Waals surface area (Å²) in [7, 11) is 1.61. The third-order valence-corrected chi connectivity index (χ3v) is 5.98. The van der Waals surface area contributed by atoms with Crippen molar-refractivity contribution in [3.8, 4) is 11.5 Å². The maximum Gasteiger partial charge on any atom is 0.261 e. The van der Waals surface area contributed by atoms with Crippen molar-refractivity contribution in [1.82, 2.24) is 10.2 Å². The van der Waals surface area contributed by atoms with Crippen molar-refractivity contribution in [1.29, 1.82) is 0 Å². The molecule has 0 spiro atoms. The average Bonchev–Trinajstić information content (AvgIpc) is 2.82. The third-order valence-electron chi connectivity index (χ3n) is 5.98. The second-order valence-electron chi connectivity index (χ2n) is 9.67. The highest BCUT2D eigenvalue weighted by atomic mass is 16.5. The molecule has 2 amide bonds. The fourth-order valence-electron chi connectivity index (χ4n) is 3.57. The maximum atomic E-state index is 13.3. The molecule has 6 nitrogen and oxygen atoms in total. The van der Waals surface area contributed by atoms with E-state index < -0.39 is 6.04 Å². The number of rotatable bonds is 11. The lowest BCUT2D eigenvalue weighted by molar-refractivity contribution is -0.143. The number of benzene rings is 2. The number of carbonyl (C=O) groups is 2. The van der Waals surface area contributed by atoms with Crippen LogP contribution in [0.25, 0.3) is 0 Å². The van der Waals surface area contributed by atoms with Crippen LogP contribution in [0.15, 0.2) is 48.5 Å². The van der Waals surface area contributed by atoms with Crippen molar-refractivity contribution in [2.45, 2.75) is 78.4 Å². The zero-order chi connectivity index (χ0) is 25.3. The summed E-state index contributed by atoms with van der Waals surface area (Å²) in [5.74, 6) is 0.989. The number of ether oxygens (including phenoxy) is 2. The monoisotopic (exact) mass is 468 g/mol. The fraction of sp³-hybridized carbons (Fsp3) is 0.500. The number of amides is 2. The molecule has 1 N–H and O–H groups in total. The zero-order valence-electron chi connectivity index (χ0n) is 21.7. The minimum absolute atomic E-state index is 0.0390. The summed E-state index contributed by atoms with van der Waals surface area (Å²) < 4.78 is 11.1. The van der Waals surface area contributed by atoms with E-state index in [1.807, 2.05) is 69.3 Å². The number of nitrogens with zero attached hydrogens (tertiary/aromatic N) is 1. The normalized spacial score (nSPS) is 13.0. The topological polar surface area (TPSA) is 67.9 Å². The van der Waals surface area contributed by atoms with E-state index >= 15 is 0 Å². The quantitative estimate of drug-likeness (QED) is 0.499. The number of hydrogen-bond donors (Lipinski definition) is 1. The van der Waals surface area contributed by atoms with Gasteiger partial charge >= 0.3 is 0 Å². The molecule has 0 aromatic heterocycles. The molecule has 2 aromatic rings. The molecule has 0 radical (unpaired) electrons. The number of carbonyl (C=O) groups excluding carboxylic acids is 2. The van der Waals surface area contributed by atoms with Crippen LogP contribution in [0.4, 0.5) is 0 Å². The second kappa shape index (κ2) is 12.4. The molecule has 0 fully saturated rings. The van der Waals surface area contributed by atoms with Gasteiger partial charge in [0, 0.05) is 12.6 Å². The largest absolute Gasteiger partial charge is 0.497 e. The van der Waals surface area contributed by atoms with Crippen molar-refractivity contribution in [2.24, 2.45) is 0 Å². The van der Waals surface area contributed by atoms with E-state index in [0.29, 0.717) is 18.7 Å². The number of nitrogens with one attached hydrogen (secondary N) is 1. The van der Waals surface area contributed by atoms with Crippen LogP contribution < -0.4 is 14.8 Å². The lowest BCUT2D eigenvalue weighted by Gasteiger charge is -2.31. The molecule has 186 valence electrons. The van der Waals surface area contributed by atoms with E-state index in [1.165, 1.54) is 5.56 Å². The molecule has 0 aliphatic heterocycles. The van der Waals surface area contributed by atoms with Crippen LogP contribution in [0.2, 0.25) is 0 Å². The Balaban J connectivity index is 2.20. The second-order valence-corrected chi connectivity index (χ2v) is 9.67. The Hall–Kier alpha value is -3.02. The third kappa shape index (κ3) is 7.79. The smallest absolute Gasteiger partial charge is 0.261 e. The molecular weight excluding hydrogens is 428 g/mol. The maximum absolute atomic E-state index is 13.3. The highest BCUT2D eigenvalue weighted by Gasteiger charge is 2.29. The zero-order valence-corrected chi connectivity index (χ0v) is 21.7. The van der Waals surface area contributed by atoms with Gasteiger partial charge in [-0.05, 0) is 60.6 Å². The summed E-state index contributed by atoms with van der Waals surface area (Å²) in [6, 6.07) is 14.8. The summed E-state index contributed by atoms with van der Waals surface area (Å²) >= 11 is 0. The van der Waals surface area contributed by atoms with Crippen molar-refractivity contribution in [3.63, 3.8) is 0 Å². The van der Waals surface area contributed by atoms with E-state index in [0.717, 1.165) is 17.7 Å². The first-order valence-corrected chi connectivity index (χ1v) is 12.0. The van der Waals surface area contributed by atoms with Gasteiger partial charge in [-0.3, -0.25) is 9.59 Å². The number of methoxy groups -OCH3 is 1. The van der Waals surface area contributed by atoms with Gasteiger partial charge in [0.15, 0.2) is 6.61 Å². The lowest BCUT2D eigenvalue weighted by Crippen LogP contribution is -2.51. The fourth-order valence-corrected chi connectivity index (χ4v) is 3.57. The Labute approximate surface area is 204 Å². The molecule has 0 saturated heterocycles.